The zero-order valence-electron chi connectivity index (χ0n) is 14.8. The lowest BCUT2D eigenvalue weighted by molar-refractivity contribution is -0.137. The van der Waals surface area contributed by atoms with E-state index < -0.39 is 17.6 Å². The number of halogens is 4. The highest BCUT2D eigenvalue weighted by molar-refractivity contribution is 6.01. The number of nitrogens with two attached hydrogens (primary N) is 1. The lowest BCUT2D eigenvalue weighted by Gasteiger charge is -2.30. The van der Waals surface area contributed by atoms with Crippen molar-refractivity contribution in [3.8, 4) is 0 Å². The Kier molecular flexibility index (Phi) is 6.56. The summed E-state index contributed by atoms with van der Waals surface area (Å²) in [6.45, 7) is 0.263. The smallest absolute Gasteiger partial charge is 0.398 e. The first-order valence-electron chi connectivity index (χ1n) is 8.40. The number of rotatable bonds is 3. The Hall–Kier alpha value is -2.74. The second-order valence-electron chi connectivity index (χ2n) is 6.25. The molecule has 1 aliphatic heterocycles. The van der Waals surface area contributed by atoms with Crippen LogP contribution in [0.1, 0.15) is 27.9 Å². The quantitative estimate of drug-likeness (QED) is 0.757. The molecule has 3 N–H and O–H groups in total. The van der Waals surface area contributed by atoms with Gasteiger partial charge in [0.1, 0.15) is 0 Å². The molecule has 3 rings (SSSR count). The van der Waals surface area contributed by atoms with Crippen LogP contribution in [0.15, 0.2) is 42.5 Å². The molecule has 28 heavy (non-hydrogen) atoms. The van der Waals surface area contributed by atoms with Crippen molar-refractivity contribution in [2.45, 2.75) is 19.0 Å². The Morgan fingerprint density at radius 2 is 1.79 bits per heavy atom. The van der Waals surface area contributed by atoms with Gasteiger partial charge in [0.05, 0.1) is 12.1 Å². The zero-order chi connectivity index (χ0) is 19.6. The molecule has 5 nitrogen and oxygen atoms in total. The topological polar surface area (TPSA) is 75.4 Å². The Bertz CT molecular complexity index is 870. The Balaban J connectivity index is 0.00000280. The van der Waals surface area contributed by atoms with Crippen LogP contribution in [0.25, 0.3) is 0 Å². The number of hydrogen-bond donors (Lipinski definition) is 2. The molecular weight excluding hydrogens is 395 g/mol. The average molecular weight is 414 g/mol. The summed E-state index contributed by atoms with van der Waals surface area (Å²) in [6, 6.07) is 9.18. The fourth-order valence-corrected chi connectivity index (χ4v) is 3.07. The van der Waals surface area contributed by atoms with Crippen molar-refractivity contribution in [3.05, 3.63) is 59.2 Å². The molecule has 0 radical (unpaired) electrons. The molecule has 2 aromatic rings. The maximum Gasteiger partial charge on any atom is 0.416 e. The van der Waals surface area contributed by atoms with E-state index in [4.69, 9.17) is 5.73 Å². The summed E-state index contributed by atoms with van der Waals surface area (Å²) >= 11 is 0. The van der Waals surface area contributed by atoms with E-state index in [1.54, 1.807) is 23.1 Å². The first-order valence-corrected chi connectivity index (χ1v) is 8.40. The number of carbonyl (C=O) groups is 2. The molecule has 0 bridgehead atoms. The van der Waals surface area contributed by atoms with Gasteiger partial charge in [0, 0.05) is 23.5 Å². The maximum atomic E-state index is 12.6. The van der Waals surface area contributed by atoms with Crippen LogP contribution in [0, 0.1) is 0 Å². The second-order valence-corrected chi connectivity index (χ2v) is 6.25. The normalized spacial score (nSPS) is 13.3. The van der Waals surface area contributed by atoms with Crippen LogP contribution in [0.2, 0.25) is 0 Å². The number of alkyl halides is 3. The molecular formula is C19H19ClF3N3O2. The van der Waals surface area contributed by atoms with Gasteiger partial charge < -0.3 is 16.0 Å². The number of benzene rings is 2. The summed E-state index contributed by atoms with van der Waals surface area (Å²) in [7, 11) is 0. The Labute approximate surface area is 166 Å². The van der Waals surface area contributed by atoms with Gasteiger partial charge in [-0.25, -0.2) is 0 Å². The third-order valence-corrected chi connectivity index (χ3v) is 4.46. The lowest BCUT2D eigenvalue weighted by Crippen LogP contribution is -2.42. The van der Waals surface area contributed by atoms with E-state index in [2.05, 4.69) is 5.32 Å². The predicted octanol–water partition coefficient (Wildman–Crippen LogP) is 3.42. The summed E-state index contributed by atoms with van der Waals surface area (Å²) < 4.78 is 37.7. The van der Waals surface area contributed by atoms with Crippen molar-refractivity contribution in [1.29, 1.82) is 0 Å². The largest absolute Gasteiger partial charge is 0.416 e. The first-order chi connectivity index (χ1) is 12.8. The van der Waals surface area contributed by atoms with Crippen LogP contribution in [-0.2, 0) is 17.4 Å². The molecule has 0 saturated carbocycles. The zero-order valence-corrected chi connectivity index (χ0v) is 15.6. The van der Waals surface area contributed by atoms with Crippen LogP contribution in [0.5, 0.6) is 0 Å². The highest BCUT2D eigenvalue weighted by Crippen LogP contribution is 2.31. The van der Waals surface area contributed by atoms with Gasteiger partial charge in [-0.1, -0.05) is 6.07 Å². The minimum absolute atomic E-state index is 0. The SMILES string of the molecule is Cl.Nc1cccc2c1CCCN2C(=O)CNC(=O)c1ccc(C(F)(F)F)cc1. The number of fused-ring (bicyclic) bond motifs is 1. The Morgan fingerprint density at radius 1 is 1.11 bits per heavy atom. The standard InChI is InChI=1S/C19H18F3N3O2.ClH/c20-19(21,22)13-8-6-12(7-9-13)18(27)24-11-17(26)25-10-2-3-14-15(23)4-1-5-16(14)25;/h1,4-9H,2-3,10-11,23H2,(H,24,27);1H. The number of nitrogen functional groups attached to an aromatic ring is 1. The molecule has 2 aromatic carbocycles. The molecule has 9 heteroatoms. The Morgan fingerprint density at radius 3 is 2.43 bits per heavy atom. The summed E-state index contributed by atoms with van der Waals surface area (Å²) in [4.78, 5) is 26.2. The summed E-state index contributed by atoms with van der Waals surface area (Å²) in [6.07, 6.45) is -2.92. The number of anilines is 2. The maximum absolute atomic E-state index is 12.6. The van der Waals surface area contributed by atoms with Gasteiger partial charge in [-0.3, -0.25) is 9.59 Å². The molecule has 0 unspecified atom stereocenters. The molecule has 0 saturated heterocycles. The fourth-order valence-electron chi connectivity index (χ4n) is 3.07. The van der Waals surface area contributed by atoms with Crippen molar-refractivity contribution < 1.29 is 22.8 Å². The van der Waals surface area contributed by atoms with Gasteiger partial charge in [-0.15, -0.1) is 12.4 Å². The van der Waals surface area contributed by atoms with E-state index in [9.17, 15) is 22.8 Å². The van der Waals surface area contributed by atoms with Crippen molar-refractivity contribution in [2.75, 3.05) is 23.7 Å². The van der Waals surface area contributed by atoms with Gasteiger partial charge in [0.15, 0.2) is 0 Å². The molecule has 0 fully saturated rings. The van der Waals surface area contributed by atoms with Gasteiger partial charge in [-0.2, -0.15) is 13.2 Å². The minimum atomic E-state index is -4.46. The molecule has 0 aromatic heterocycles. The van der Waals surface area contributed by atoms with Gasteiger partial charge >= 0.3 is 6.18 Å². The van der Waals surface area contributed by atoms with Crippen LogP contribution in [0.3, 0.4) is 0 Å². The molecule has 0 spiro atoms. The van der Waals surface area contributed by atoms with E-state index in [1.165, 1.54) is 0 Å². The fraction of sp³-hybridized carbons (Fsp3) is 0.263. The number of hydrogen-bond acceptors (Lipinski definition) is 3. The van der Waals surface area contributed by atoms with Crippen molar-refractivity contribution in [3.63, 3.8) is 0 Å². The van der Waals surface area contributed by atoms with Crippen LogP contribution < -0.4 is 16.0 Å². The third kappa shape index (κ3) is 4.56. The molecule has 2 amide bonds. The number of nitrogens with zero attached hydrogens (tertiary/aromatic N) is 1. The van der Waals surface area contributed by atoms with Crippen molar-refractivity contribution in [1.82, 2.24) is 5.32 Å². The van der Waals surface area contributed by atoms with E-state index >= 15 is 0 Å². The highest BCUT2D eigenvalue weighted by Gasteiger charge is 2.30. The highest BCUT2D eigenvalue weighted by atomic mass is 35.5. The molecule has 0 atom stereocenters. The third-order valence-electron chi connectivity index (χ3n) is 4.46. The molecule has 1 aliphatic rings. The molecule has 150 valence electrons. The van der Waals surface area contributed by atoms with Gasteiger partial charge in [-0.05, 0) is 54.8 Å². The second kappa shape index (κ2) is 8.52. The average Bonchev–Trinajstić information content (AvgIpc) is 2.65. The lowest BCUT2D eigenvalue weighted by atomic mass is 10.00. The summed E-state index contributed by atoms with van der Waals surface area (Å²) in [5.41, 5.74) is 7.44. The summed E-state index contributed by atoms with van der Waals surface area (Å²) in [5.74, 6) is -0.913. The van der Waals surface area contributed by atoms with E-state index in [-0.39, 0.29) is 30.4 Å². The first kappa shape index (κ1) is 21.6. The van der Waals surface area contributed by atoms with E-state index in [1.807, 2.05) is 0 Å². The summed E-state index contributed by atoms with van der Waals surface area (Å²) in [5, 5.41) is 2.46. The van der Waals surface area contributed by atoms with Crippen molar-refractivity contribution in [2.24, 2.45) is 0 Å². The van der Waals surface area contributed by atoms with E-state index in [0.29, 0.717) is 12.2 Å². The molecule has 1 heterocycles. The van der Waals surface area contributed by atoms with Crippen LogP contribution >= 0.6 is 12.4 Å². The van der Waals surface area contributed by atoms with E-state index in [0.717, 1.165) is 48.4 Å². The minimum Gasteiger partial charge on any atom is -0.398 e. The van der Waals surface area contributed by atoms with Gasteiger partial charge in [0.25, 0.3) is 5.91 Å². The van der Waals surface area contributed by atoms with Crippen LogP contribution in [-0.4, -0.2) is 24.9 Å². The van der Waals surface area contributed by atoms with Crippen LogP contribution in [0.4, 0.5) is 24.5 Å². The predicted molar refractivity (Wildman–Crippen MR) is 103 cm³/mol. The van der Waals surface area contributed by atoms with Gasteiger partial charge in [0.2, 0.25) is 5.91 Å². The number of amides is 2. The number of nitrogens with one attached hydrogen (secondary N) is 1. The number of carbonyl (C=O) groups excluding carboxylic acids is 2. The molecule has 0 aliphatic carbocycles. The van der Waals surface area contributed by atoms with Crippen molar-refractivity contribution >= 4 is 35.6 Å². The monoisotopic (exact) mass is 413 g/mol.